The molecule has 0 radical (unpaired) electrons. The van der Waals surface area contributed by atoms with E-state index in [4.69, 9.17) is 0 Å². The lowest BCUT2D eigenvalue weighted by molar-refractivity contribution is 0.0696. The van der Waals surface area contributed by atoms with E-state index in [9.17, 15) is 9.90 Å². The lowest BCUT2D eigenvalue weighted by Gasteiger charge is -2.12. The molecule has 0 saturated heterocycles. The zero-order valence-corrected chi connectivity index (χ0v) is 12.2. The Morgan fingerprint density at radius 1 is 1.14 bits per heavy atom. The molecule has 4 heteroatoms. The van der Waals surface area contributed by atoms with Crippen molar-refractivity contribution in [2.24, 2.45) is 0 Å². The number of fused-ring (bicyclic) bond motifs is 1. The van der Waals surface area contributed by atoms with Gasteiger partial charge in [0.25, 0.3) is 0 Å². The van der Waals surface area contributed by atoms with Crippen LogP contribution in [-0.4, -0.2) is 20.6 Å². The Morgan fingerprint density at radius 2 is 1.90 bits per heavy atom. The van der Waals surface area contributed by atoms with Gasteiger partial charge in [-0.1, -0.05) is 12.1 Å². The monoisotopic (exact) mass is 280 g/mol. The van der Waals surface area contributed by atoms with Crippen LogP contribution >= 0.6 is 0 Å². The first-order chi connectivity index (χ1) is 9.99. The van der Waals surface area contributed by atoms with E-state index in [1.807, 2.05) is 43.5 Å². The van der Waals surface area contributed by atoms with Gasteiger partial charge in [-0.05, 0) is 56.2 Å². The second-order valence-corrected chi connectivity index (χ2v) is 5.24. The van der Waals surface area contributed by atoms with E-state index in [-0.39, 0.29) is 0 Å². The molecule has 1 aromatic heterocycles. The van der Waals surface area contributed by atoms with Crippen LogP contribution in [0.4, 0.5) is 0 Å². The number of nitrogens with zero attached hydrogens (tertiary/aromatic N) is 2. The zero-order chi connectivity index (χ0) is 15.1. The van der Waals surface area contributed by atoms with Gasteiger partial charge in [0.05, 0.1) is 22.3 Å². The van der Waals surface area contributed by atoms with Crippen LogP contribution in [0.25, 0.3) is 16.7 Å². The van der Waals surface area contributed by atoms with Crippen molar-refractivity contribution >= 4 is 17.0 Å². The maximum absolute atomic E-state index is 11.3. The van der Waals surface area contributed by atoms with Gasteiger partial charge in [-0.25, -0.2) is 9.78 Å². The second kappa shape index (κ2) is 4.74. The smallest absolute Gasteiger partial charge is 0.336 e. The fourth-order valence-corrected chi connectivity index (χ4v) is 2.71. The van der Waals surface area contributed by atoms with Crippen LogP contribution in [0.1, 0.15) is 27.3 Å². The molecule has 0 unspecified atom stereocenters. The lowest BCUT2D eigenvalue weighted by Crippen LogP contribution is -2.06. The summed E-state index contributed by atoms with van der Waals surface area (Å²) in [5, 5.41) is 9.29. The molecule has 0 saturated carbocycles. The molecule has 0 fully saturated rings. The predicted molar refractivity (Wildman–Crippen MR) is 82.2 cm³/mol. The molecule has 4 nitrogen and oxygen atoms in total. The number of imidazole rings is 1. The maximum Gasteiger partial charge on any atom is 0.336 e. The number of aromatic nitrogens is 2. The van der Waals surface area contributed by atoms with Gasteiger partial charge in [0.15, 0.2) is 0 Å². The maximum atomic E-state index is 11.3. The molecule has 0 amide bonds. The van der Waals surface area contributed by atoms with E-state index in [0.29, 0.717) is 5.56 Å². The van der Waals surface area contributed by atoms with E-state index in [2.05, 4.69) is 11.1 Å². The van der Waals surface area contributed by atoms with Crippen molar-refractivity contribution in [1.82, 2.24) is 9.55 Å². The molecule has 0 atom stereocenters. The van der Waals surface area contributed by atoms with Crippen LogP contribution in [0.2, 0.25) is 0 Å². The highest BCUT2D eigenvalue weighted by molar-refractivity contribution is 5.91. The number of rotatable bonds is 2. The quantitative estimate of drug-likeness (QED) is 0.779. The van der Waals surface area contributed by atoms with E-state index < -0.39 is 5.97 Å². The van der Waals surface area contributed by atoms with Crippen molar-refractivity contribution in [3.63, 3.8) is 0 Å². The molecular weight excluding hydrogens is 264 g/mol. The van der Waals surface area contributed by atoms with Crippen LogP contribution in [0.15, 0.2) is 36.4 Å². The minimum Gasteiger partial charge on any atom is -0.478 e. The van der Waals surface area contributed by atoms with Crippen LogP contribution in [0, 0.1) is 20.8 Å². The number of carbonyl (C=O) groups is 1. The average molecular weight is 280 g/mol. The molecule has 3 rings (SSSR count). The third-order valence-electron chi connectivity index (χ3n) is 3.75. The number of aryl methyl sites for hydroxylation is 2. The third kappa shape index (κ3) is 2.09. The Labute approximate surface area is 122 Å². The van der Waals surface area contributed by atoms with E-state index in [1.54, 1.807) is 12.1 Å². The Balaban J connectivity index is 2.35. The van der Waals surface area contributed by atoms with Gasteiger partial charge in [0.2, 0.25) is 0 Å². The van der Waals surface area contributed by atoms with Gasteiger partial charge < -0.3 is 5.11 Å². The third-order valence-corrected chi connectivity index (χ3v) is 3.75. The highest BCUT2D eigenvalue weighted by Gasteiger charge is 2.15. The summed E-state index contributed by atoms with van der Waals surface area (Å²) in [4.78, 5) is 15.9. The predicted octanol–water partition coefficient (Wildman–Crippen LogP) is 3.65. The summed E-state index contributed by atoms with van der Waals surface area (Å²) in [6, 6.07) is 11.4. The van der Waals surface area contributed by atoms with Gasteiger partial charge in [0.1, 0.15) is 5.82 Å². The normalized spacial score (nSPS) is 11.0. The number of carboxylic acids is 1. The van der Waals surface area contributed by atoms with Crippen molar-refractivity contribution in [2.75, 3.05) is 0 Å². The minimum atomic E-state index is -0.910. The molecule has 0 aliphatic carbocycles. The molecule has 2 aromatic carbocycles. The van der Waals surface area contributed by atoms with Gasteiger partial charge in [-0.2, -0.15) is 0 Å². The molecule has 1 N–H and O–H groups in total. The number of benzene rings is 2. The van der Waals surface area contributed by atoms with Crippen molar-refractivity contribution in [3.8, 4) is 5.69 Å². The van der Waals surface area contributed by atoms with Crippen LogP contribution in [0.3, 0.4) is 0 Å². The summed E-state index contributed by atoms with van der Waals surface area (Å²) < 4.78 is 2.02. The fourth-order valence-electron chi connectivity index (χ4n) is 2.71. The van der Waals surface area contributed by atoms with E-state index in [1.165, 1.54) is 0 Å². The van der Waals surface area contributed by atoms with Gasteiger partial charge >= 0.3 is 5.97 Å². The first-order valence-electron chi connectivity index (χ1n) is 6.78. The summed E-state index contributed by atoms with van der Waals surface area (Å²) >= 11 is 0. The molecule has 3 aromatic rings. The van der Waals surface area contributed by atoms with Gasteiger partial charge in [-0.3, -0.25) is 4.57 Å². The molecule has 106 valence electrons. The summed E-state index contributed by atoms with van der Waals surface area (Å²) in [7, 11) is 0. The Hall–Kier alpha value is -2.62. The van der Waals surface area contributed by atoms with Crippen LogP contribution in [-0.2, 0) is 0 Å². The Bertz CT molecular complexity index is 863. The number of hydrogen-bond donors (Lipinski definition) is 1. The molecule has 0 bridgehead atoms. The molecule has 0 spiro atoms. The van der Waals surface area contributed by atoms with Crippen LogP contribution < -0.4 is 0 Å². The summed E-state index contributed by atoms with van der Waals surface area (Å²) in [5.41, 5.74) is 4.99. The van der Waals surface area contributed by atoms with Gasteiger partial charge in [-0.15, -0.1) is 0 Å². The summed E-state index contributed by atoms with van der Waals surface area (Å²) in [6.45, 7) is 5.80. The second-order valence-electron chi connectivity index (χ2n) is 5.24. The number of aromatic carboxylic acids is 1. The number of hydrogen-bond acceptors (Lipinski definition) is 2. The molecular formula is C17H16N2O2. The SMILES string of the molecule is Cc1ccc2nc(C)n(-c3cccc(C(=O)O)c3C)c2c1. The molecule has 0 aliphatic heterocycles. The van der Waals surface area contributed by atoms with Crippen molar-refractivity contribution in [3.05, 3.63) is 58.9 Å². The Kier molecular flexibility index (Phi) is 3.01. The summed E-state index contributed by atoms with van der Waals surface area (Å²) in [6.07, 6.45) is 0. The zero-order valence-electron chi connectivity index (χ0n) is 12.2. The minimum absolute atomic E-state index is 0.321. The standard InChI is InChI=1S/C17H16N2O2/c1-10-7-8-14-16(9-10)19(12(3)18-14)15-6-4-5-13(11(15)2)17(20)21/h4-9H,1-3H3,(H,20,21). The van der Waals surface area contributed by atoms with E-state index in [0.717, 1.165) is 33.7 Å². The molecule has 0 aliphatic rings. The largest absolute Gasteiger partial charge is 0.478 e. The topological polar surface area (TPSA) is 55.1 Å². The van der Waals surface area contributed by atoms with E-state index >= 15 is 0 Å². The fraction of sp³-hybridized carbons (Fsp3) is 0.176. The molecule has 1 heterocycles. The molecule has 21 heavy (non-hydrogen) atoms. The van der Waals surface area contributed by atoms with Gasteiger partial charge in [0, 0.05) is 0 Å². The highest BCUT2D eigenvalue weighted by Crippen LogP contribution is 2.26. The highest BCUT2D eigenvalue weighted by atomic mass is 16.4. The lowest BCUT2D eigenvalue weighted by atomic mass is 10.1. The van der Waals surface area contributed by atoms with Crippen LogP contribution in [0.5, 0.6) is 0 Å². The first-order valence-corrected chi connectivity index (χ1v) is 6.78. The average Bonchev–Trinajstić information content (AvgIpc) is 2.74. The van der Waals surface area contributed by atoms with Crippen molar-refractivity contribution in [2.45, 2.75) is 20.8 Å². The first kappa shape index (κ1) is 13.4. The Morgan fingerprint density at radius 3 is 2.62 bits per heavy atom. The number of carboxylic acid groups (broad SMARTS) is 1. The van der Waals surface area contributed by atoms with Crippen molar-refractivity contribution in [1.29, 1.82) is 0 Å². The van der Waals surface area contributed by atoms with Crippen molar-refractivity contribution < 1.29 is 9.90 Å². The summed E-state index contributed by atoms with van der Waals surface area (Å²) in [5.74, 6) is -0.0613.